The Labute approximate surface area is 102 Å². The summed E-state index contributed by atoms with van der Waals surface area (Å²) in [5, 5.41) is 2.99. The molecule has 1 heterocycles. The number of nitrogens with zero attached hydrogens (tertiary/aromatic N) is 2. The molecule has 1 rings (SSSR count). The Kier molecular flexibility index (Phi) is 5.93. The summed E-state index contributed by atoms with van der Waals surface area (Å²) < 4.78 is 4.87. The number of methoxy groups -OCH3 is 1. The molecule has 0 aromatic carbocycles. The van der Waals surface area contributed by atoms with Crippen LogP contribution in [0.3, 0.4) is 0 Å². The second-order valence-electron chi connectivity index (χ2n) is 4.15. The van der Waals surface area contributed by atoms with Crippen molar-refractivity contribution in [2.75, 3.05) is 53.5 Å². The van der Waals surface area contributed by atoms with E-state index in [0.717, 1.165) is 13.0 Å². The predicted molar refractivity (Wildman–Crippen MR) is 63.6 cm³/mol. The maximum absolute atomic E-state index is 11.8. The zero-order valence-electron chi connectivity index (χ0n) is 10.6. The molecular weight excluding hydrogens is 222 g/mol. The highest BCUT2D eigenvalue weighted by Gasteiger charge is 2.22. The third-order valence-corrected chi connectivity index (χ3v) is 2.79. The van der Waals surface area contributed by atoms with Gasteiger partial charge in [-0.3, -0.25) is 9.59 Å². The highest BCUT2D eigenvalue weighted by Crippen LogP contribution is 2.02. The van der Waals surface area contributed by atoms with Gasteiger partial charge in [0.15, 0.2) is 0 Å². The molecule has 1 fully saturated rings. The third-order valence-electron chi connectivity index (χ3n) is 2.79. The number of rotatable bonds is 5. The van der Waals surface area contributed by atoms with Gasteiger partial charge in [0.2, 0.25) is 11.8 Å². The third kappa shape index (κ3) is 4.70. The quantitative estimate of drug-likeness (QED) is 0.624. The van der Waals surface area contributed by atoms with Gasteiger partial charge in [-0.25, -0.2) is 0 Å². The van der Waals surface area contributed by atoms with E-state index >= 15 is 0 Å². The number of hydrogen-bond acceptors (Lipinski definition) is 4. The van der Waals surface area contributed by atoms with Crippen LogP contribution in [0.4, 0.5) is 0 Å². The van der Waals surface area contributed by atoms with Gasteiger partial charge in [-0.15, -0.1) is 0 Å². The van der Waals surface area contributed by atoms with Gasteiger partial charge in [0.1, 0.15) is 0 Å². The predicted octanol–water partition coefficient (Wildman–Crippen LogP) is -1.09. The lowest BCUT2D eigenvalue weighted by molar-refractivity contribution is -0.137. The number of amides is 2. The molecule has 0 aromatic heterocycles. The van der Waals surface area contributed by atoms with Crippen LogP contribution in [0.15, 0.2) is 0 Å². The van der Waals surface area contributed by atoms with Crippen molar-refractivity contribution in [1.29, 1.82) is 0 Å². The summed E-state index contributed by atoms with van der Waals surface area (Å²) in [6, 6.07) is 0. The molecular formula is C11H21N3O3. The molecule has 0 aliphatic carbocycles. The second-order valence-corrected chi connectivity index (χ2v) is 4.15. The summed E-state index contributed by atoms with van der Waals surface area (Å²) >= 11 is 0. The van der Waals surface area contributed by atoms with Gasteiger partial charge < -0.3 is 19.9 Å². The van der Waals surface area contributed by atoms with Crippen molar-refractivity contribution in [2.45, 2.75) is 6.42 Å². The topological polar surface area (TPSA) is 61.9 Å². The van der Waals surface area contributed by atoms with Crippen LogP contribution in [0.25, 0.3) is 0 Å². The van der Waals surface area contributed by atoms with Crippen LogP contribution in [-0.4, -0.2) is 75.1 Å². The van der Waals surface area contributed by atoms with Gasteiger partial charge in [0.05, 0.1) is 19.7 Å². The van der Waals surface area contributed by atoms with Crippen LogP contribution >= 0.6 is 0 Å². The van der Waals surface area contributed by atoms with Gasteiger partial charge in [0.25, 0.3) is 0 Å². The summed E-state index contributed by atoms with van der Waals surface area (Å²) in [7, 11) is 3.39. The molecule has 0 unspecified atom stereocenters. The van der Waals surface area contributed by atoms with Crippen LogP contribution in [0.2, 0.25) is 0 Å². The minimum atomic E-state index is -0.0234. The Morgan fingerprint density at radius 3 is 2.94 bits per heavy atom. The first-order valence-corrected chi connectivity index (χ1v) is 5.86. The van der Waals surface area contributed by atoms with Crippen molar-refractivity contribution < 1.29 is 14.3 Å². The van der Waals surface area contributed by atoms with E-state index in [-0.39, 0.29) is 24.9 Å². The molecule has 2 amide bonds. The fraction of sp³-hybridized carbons (Fsp3) is 0.818. The van der Waals surface area contributed by atoms with E-state index in [2.05, 4.69) is 5.32 Å². The van der Waals surface area contributed by atoms with E-state index in [9.17, 15) is 9.59 Å². The van der Waals surface area contributed by atoms with Gasteiger partial charge >= 0.3 is 0 Å². The highest BCUT2D eigenvalue weighted by atomic mass is 16.5. The largest absolute Gasteiger partial charge is 0.383 e. The Morgan fingerprint density at radius 2 is 2.24 bits per heavy atom. The lowest BCUT2D eigenvalue weighted by Crippen LogP contribution is -2.42. The monoisotopic (exact) mass is 243 g/mol. The average Bonchev–Trinajstić information content (AvgIpc) is 2.48. The first kappa shape index (κ1) is 13.9. The van der Waals surface area contributed by atoms with E-state index in [1.165, 1.54) is 0 Å². The molecule has 0 bridgehead atoms. The summed E-state index contributed by atoms with van der Waals surface area (Å²) in [4.78, 5) is 26.7. The van der Waals surface area contributed by atoms with Crippen molar-refractivity contribution in [3.63, 3.8) is 0 Å². The number of carbonyl (C=O) groups is 2. The molecule has 0 radical (unpaired) electrons. The summed E-state index contributed by atoms with van der Waals surface area (Å²) in [6.07, 6.45) is 0.839. The van der Waals surface area contributed by atoms with Gasteiger partial charge in [-0.2, -0.15) is 0 Å². The Hall–Kier alpha value is -1.14. The van der Waals surface area contributed by atoms with Crippen molar-refractivity contribution >= 4 is 11.8 Å². The van der Waals surface area contributed by atoms with Crippen molar-refractivity contribution in [3.05, 3.63) is 0 Å². The van der Waals surface area contributed by atoms with Crippen molar-refractivity contribution in [3.8, 4) is 0 Å². The van der Waals surface area contributed by atoms with Gasteiger partial charge in [-0.1, -0.05) is 0 Å². The molecule has 17 heavy (non-hydrogen) atoms. The van der Waals surface area contributed by atoms with Gasteiger partial charge in [0, 0.05) is 33.8 Å². The minimum Gasteiger partial charge on any atom is -0.383 e. The maximum Gasteiger partial charge on any atom is 0.241 e. The summed E-state index contributed by atoms with van der Waals surface area (Å²) in [5.74, 6) is -0.0162. The fourth-order valence-electron chi connectivity index (χ4n) is 1.68. The standard InChI is InChI=1S/C11H21N3O3/c1-13-5-3-6-14(9-11(13)16)10(15)8-12-4-7-17-2/h12H,3-9H2,1-2H3. The molecule has 0 aromatic rings. The van der Waals surface area contributed by atoms with Gasteiger partial charge in [-0.05, 0) is 6.42 Å². The summed E-state index contributed by atoms with van der Waals surface area (Å²) in [5.41, 5.74) is 0. The Balaban J connectivity index is 2.32. The Bertz CT molecular complexity index is 271. The highest BCUT2D eigenvalue weighted by molar-refractivity contribution is 5.86. The number of hydrogen-bond donors (Lipinski definition) is 1. The SMILES string of the molecule is COCCNCC(=O)N1CCCN(C)C(=O)C1. The summed E-state index contributed by atoms with van der Waals surface area (Å²) in [6.45, 7) is 3.06. The molecule has 1 aliphatic rings. The van der Waals surface area contributed by atoms with E-state index < -0.39 is 0 Å². The smallest absolute Gasteiger partial charge is 0.241 e. The lowest BCUT2D eigenvalue weighted by atomic mass is 10.3. The molecule has 0 spiro atoms. The van der Waals surface area contributed by atoms with Crippen molar-refractivity contribution in [2.24, 2.45) is 0 Å². The number of nitrogens with one attached hydrogen (secondary N) is 1. The molecule has 1 N–H and O–H groups in total. The molecule has 0 saturated carbocycles. The average molecular weight is 243 g/mol. The molecule has 6 heteroatoms. The van der Waals surface area contributed by atoms with E-state index in [1.54, 1.807) is 24.0 Å². The van der Waals surface area contributed by atoms with Crippen LogP contribution in [0.5, 0.6) is 0 Å². The minimum absolute atomic E-state index is 0.00717. The van der Waals surface area contributed by atoms with Crippen LogP contribution in [0.1, 0.15) is 6.42 Å². The number of likely N-dealkylation sites (N-methyl/N-ethyl adjacent to an activating group) is 1. The van der Waals surface area contributed by atoms with Crippen LogP contribution < -0.4 is 5.32 Å². The first-order valence-electron chi connectivity index (χ1n) is 5.86. The van der Waals surface area contributed by atoms with Crippen molar-refractivity contribution in [1.82, 2.24) is 15.1 Å². The van der Waals surface area contributed by atoms with E-state index in [0.29, 0.717) is 19.7 Å². The fourth-order valence-corrected chi connectivity index (χ4v) is 1.68. The second kappa shape index (κ2) is 7.24. The molecule has 98 valence electrons. The first-order chi connectivity index (χ1) is 8.15. The number of ether oxygens (including phenoxy) is 1. The molecule has 6 nitrogen and oxygen atoms in total. The zero-order valence-corrected chi connectivity index (χ0v) is 10.6. The molecule has 0 atom stereocenters. The maximum atomic E-state index is 11.8. The van der Waals surface area contributed by atoms with Crippen LogP contribution in [-0.2, 0) is 14.3 Å². The lowest BCUT2D eigenvalue weighted by Gasteiger charge is -2.19. The van der Waals surface area contributed by atoms with E-state index in [1.807, 2.05) is 0 Å². The van der Waals surface area contributed by atoms with Crippen LogP contribution in [0, 0.1) is 0 Å². The zero-order chi connectivity index (χ0) is 12.7. The molecule has 1 saturated heterocycles. The van der Waals surface area contributed by atoms with E-state index in [4.69, 9.17) is 4.74 Å². The normalized spacial score (nSPS) is 17.2. The Morgan fingerprint density at radius 1 is 1.47 bits per heavy atom. The number of carbonyl (C=O) groups excluding carboxylic acids is 2. The molecule has 1 aliphatic heterocycles.